The Morgan fingerprint density at radius 3 is 2.71 bits per heavy atom. The SMILES string of the molecule is FC(F)(F)C1Cc2cccc3c2N1CCC3NCC[C@@]1(c2ccccn2)CCOC2(CCCC2)C1. The molecule has 6 rings (SSSR count). The first-order valence-corrected chi connectivity index (χ1v) is 13.1. The van der Waals surface area contributed by atoms with Crippen molar-refractivity contribution in [1.82, 2.24) is 10.3 Å². The number of para-hydroxylation sites is 1. The molecule has 0 amide bonds. The monoisotopic (exact) mass is 485 g/mol. The van der Waals surface area contributed by atoms with Crippen molar-refractivity contribution in [2.75, 3.05) is 24.6 Å². The maximum atomic E-state index is 13.7. The highest BCUT2D eigenvalue weighted by Crippen LogP contribution is 2.50. The quantitative estimate of drug-likeness (QED) is 0.576. The number of hydrogen-bond donors (Lipinski definition) is 1. The van der Waals surface area contributed by atoms with E-state index in [1.54, 1.807) is 4.90 Å². The first-order chi connectivity index (χ1) is 16.9. The highest BCUT2D eigenvalue weighted by Gasteiger charge is 2.51. The number of hydrogen-bond acceptors (Lipinski definition) is 4. The van der Waals surface area contributed by atoms with Crippen molar-refractivity contribution in [3.05, 3.63) is 59.4 Å². The van der Waals surface area contributed by atoms with Crippen LogP contribution >= 0.6 is 0 Å². The van der Waals surface area contributed by atoms with Gasteiger partial charge in [0.2, 0.25) is 0 Å². The summed E-state index contributed by atoms with van der Waals surface area (Å²) in [5, 5.41) is 3.75. The summed E-state index contributed by atoms with van der Waals surface area (Å²) in [6.45, 7) is 2.01. The van der Waals surface area contributed by atoms with Gasteiger partial charge in [0.25, 0.3) is 0 Å². The fraction of sp³-hybridized carbons (Fsp3) is 0.607. The molecule has 1 aromatic carbocycles. The third-order valence-corrected chi connectivity index (χ3v) is 9.01. The van der Waals surface area contributed by atoms with Crippen molar-refractivity contribution in [1.29, 1.82) is 0 Å². The molecule has 1 aliphatic carbocycles. The van der Waals surface area contributed by atoms with Crippen molar-refractivity contribution in [2.45, 2.75) is 87.1 Å². The molecule has 7 heteroatoms. The number of pyridine rings is 1. The van der Waals surface area contributed by atoms with Crippen molar-refractivity contribution in [3.63, 3.8) is 0 Å². The van der Waals surface area contributed by atoms with Crippen molar-refractivity contribution in [3.8, 4) is 0 Å². The smallest absolute Gasteiger partial charge is 0.375 e. The van der Waals surface area contributed by atoms with E-state index in [9.17, 15) is 13.2 Å². The van der Waals surface area contributed by atoms with Gasteiger partial charge in [-0.3, -0.25) is 4.98 Å². The van der Waals surface area contributed by atoms with Gasteiger partial charge in [-0.05, 0) is 68.3 Å². The second-order valence-corrected chi connectivity index (χ2v) is 11.0. The fourth-order valence-corrected chi connectivity index (χ4v) is 7.36. The van der Waals surface area contributed by atoms with Crippen molar-refractivity contribution in [2.24, 2.45) is 0 Å². The number of nitrogens with zero attached hydrogens (tertiary/aromatic N) is 2. The van der Waals surface area contributed by atoms with Gasteiger partial charge in [0.05, 0.1) is 5.60 Å². The average Bonchev–Trinajstić information content (AvgIpc) is 3.47. The zero-order valence-electron chi connectivity index (χ0n) is 20.1. The molecular formula is C28H34F3N3O. The van der Waals surface area contributed by atoms with E-state index in [0.29, 0.717) is 13.0 Å². The van der Waals surface area contributed by atoms with E-state index in [1.807, 2.05) is 30.5 Å². The van der Waals surface area contributed by atoms with Crippen LogP contribution in [0.25, 0.3) is 0 Å². The molecule has 2 aromatic rings. The Kier molecular flexibility index (Phi) is 5.83. The van der Waals surface area contributed by atoms with E-state index in [1.165, 1.54) is 12.8 Å². The fourth-order valence-electron chi connectivity index (χ4n) is 7.36. The predicted octanol–water partition coefficient (Wildman–Crippen LogP) is 5.86. The summed E-state index contributed by atoms with van der Waals surface area (Å²) in [7, 11) is 0. The number of rotatable bonds is 5. The maximum Gasteiger partial charge on any atom is 0.409 e. The number of aromatic nitrogens is 1. The molecular weight excluding hydrogens is 451 g/mol. The van der Waals surface area contributed by atoms with E-state index in [0.717, 1.165) is 67.8 Å². The van der Waals surface area contributed by atoms with Crippen LogP contribution in [-0.4, -0.2) is 42.5 Å². The van der Waals surface area contributed by atoms with Crippen LogP contribution in [0.5, 0.6) is 0 Å². The average molecular weight is 486 g/mol. The van der Waals surface area contributed by atoms with Gasteiger partial charge in [0.15, 0.2) is 0 Å². The summed E-state index contributed by atoms with van der Waals surface area (Å²) < 4.78 is 47.4. The van der Waals surface area contributed by atoms with Crippen LogP contribution in [-0.2, 0) is 16.6 Å². The standard InChI is InChI=1S/C28H34F3N3O/c29-28(30,31)24-18-20-6-5-7-21-22(9-16-34(24)25(20)21)32-15-12-26(23-8-1-4-14-33-23)13-17-35-27(19-26)10-2-3-11-27/h1,4-8,14,22,24,32H,2-3,9-13,15-19H2/t22?,24?,26-/m1/s1. The lowest BCUT2D eigenvalue weighted by atomic mass is 9.68. The minimum Gasteiger partial charge on any atom is -0.375 e. The molecule has 3 atom stereocenters. The molecule has 0 bridgehead atoms. The molecule has 1 aromatic heterocycles. The summed E-state index contributed by atoms with van der Waals surface area (Å²) in [4.78, 5) is 6.39. The summed E-state index contributed by atoms with van der Waals surface area (Å²) in [6, 6.07) is 10.7. The Bertz CT molecular complexity index is 1050. The largest absolute Gasteiger partial charge is 0.409 e. The summed E-state index contributed by atoms with van der Waals surface area (Å²) in [5.41, 5.74) is 3.76. The minimum atomic E-state index is -4.20. The topological polar surface area (TPSA) is 37.4 Å². The molecule has 1 saturated carbocycles. The van der Waals surface area contributed by atoms with E-state index >= 15 is 0 Å². The third kappa shape index (κ3) is 4.14. The second kappa shape index (κ2) is 8.77. The van der Waals surface area contributed by atoms with Crippen LogP contribution < -0.4 is 10.2 Å². The number of ether oxygens (including phenoxy) is 1. The van der Waals surface area contributed by atoms with E-state index in [2.05, 4.69) is 17.4 Å². The molecule has 2 fully saturated rings. The lowest BCUT2D eigenvalue weighted by Gasteiger charge is -2.46. The molecule has 3 aliphatic heterocycles. The maximum absolute atomic E-state index is 13.7. The molecule has 35 heavy (non-hydrogen) atoms. The predicted molar refractivity (Wildman–Crippen MR) is 130 cm³/mol. The van der Waals surface area contributed by atoms with Crippen LogP contribution in [0.3, 0.4) is 0 Å². The summed E-state index contributed by atoms with van der Waals surface area (Å²) in [5.74, 6) is 0. The Hall–Kier alpha value is -2.12. The number of halogens is 3. The van der Waals surface area contributed by atoms with Gasteiger partial charge in [0.1, 0.15) is 6.04 Å². The van der Waals surface area contributed by atoms with Gasteiger partial charge >= 0.3 is 6.18 Å². The lowest BCUT2D eigenvalue weighted by Crippen LogP contribution is -2.48. The zero-order valence-corrected chi connectivity index (χ0v) is 20.1. The van der Waals surface area contributed by atoms with Crippen LogP contribution in [0, 0.1) is 0 Å². The molecule has 1 saturated heterocycles. The zero-order chi connectivity index (χ0) is 24.1. The first-order valence-electron chi connectivity index (χ1n) is 13.1. The number of nitrogens with one attached hydrogen (secondary N) is 1. The van der Waals surface area contributed by atoms with Crippen LogP contribution in [0.15, 0.2) is 42.6 Å². The summed E-state index contributed by atoms with van der Waals surface area (Å²) in [6.07, 6.45) is 6.07. The molecule has 4 nitrogen and oxygen atoms in total. The molecule has 2 unspecified atom stereocenters. The molecule has 4 heterocycles. The minimum absolute atomic E-state index is 0.0199. The normalized spacial score (nSPS) is 29.5. The van der Waals surface area contributed by atoms with Gasteiger partial charge in [-0.2, -0.15) is 13.2 Å². The van der Waals surface area contributed by atoms with Crippen LogP contribution in [0.4, 0.5) is 18.9 Å². The van der Waals surface area contributed by atoms with E-state index in [-0.39, 0.29) is 23.5 Å². The van der Waals surface area contributed by atoms with Crippen molar-refractivity contribution >= 4 is 5.69 Å². The van der Waals surface area contributed by atoms with E-state index < -0.39 is 12.2 Å². The Balaban J connectivity index is 1.21. The number of alkyl halides is 3. The highest BCUT2D eigenvalue weighted by atomic mass is 19.4. The number of benzene rings is 1. The molecule has 1 spiro atoms. The third-order valence-electron chi connectivity index (χ3n) is 9.01. The van der Waals surface area contributed by atoms with Gasteiger partial charge < -0.3 is 15.0 Å². The number of anilines is 1. The highest BCUT2D eigenvalue weighted by molar-refractivity contribution is 5.67. The van der Waals surface area contributed by atoms with Gasteiger partial charge in [-0.1, -0.05) is 37.1 Å². The Labute approximate surface area is 205 Å². The van der Waals surface area contributed by atoms with Gasteiger partial charge in [-0.15, -0.1) is 0 Å². The molecule has 4 aliphatic rings. The van der Waals surface area contributed by atoms with Crippen LogP contribution in [0.1, 0.15) is 74.2 Å². The van der Waals surface area contributed by atoms with Gasteiger partial charge in [0, 0.05) is 48.6 Å². The molecule has 188 valence electrons. The first kappa shape index (κ1) is 23.3. The van der Waals surface area contributed by atoms with E-state index in [4.69, 9.17) is 9.72 Å². The second-order valence-electron chi connectivity index (χ2n) is 11.0. The Morgan fingerprint density at radius 2 is 1.94 bits per heavy atom. The lowest BCUT2D eigenvalue weighted by molar-refractivity contribution is -0.147. The molecule has 0 radical (unpaired) electrons. The Morgan fingerprint density at radius 1 is 1.09 bits per heavy atom. The summed E-state index contributed by atoms with van der Waals surface area (Å²) >= 11 is 0. The molecule has 1 N–H and O–H groups in total. The van der Waals surface area contributed by atoms with Gasteiger partial charge in [-0.25, -0.2) is 0 Å². The van der Waals surface area contributed by atoms with Crippen LogP contribution in [0.2, 0.25) is 0 Å². The van der Waals surface area contributed by atoms with Crippen molar-refractivity contribution < 1.29 is 17.9 Å².